The van der Waals surface area contributed by atoms with Crippen molar-refractivity contribution >= 4 is 17.5 Å². The van der Waals surface area contributed by atoms with Crippen molar-refractivity contribution in [3.63, 3.8) is 0 Å². The van der Waals surface area contributed by atoms with E-state index in [1.807, 2.05) is 29.2 Å². The number of anilines is 1. The molecule has 4 rings (SSSR count). The number of hydrogen-bond donors (Lipinski definition) is 1. The van der Waals surface area contributed by atoms with E-state index in [1.165, 1.54) is 5.56 Å². The summed E-state index contributed by atoms with van der Waals surface area (Å²) in [6.07, 6.45) is 4.93. The largest absolute Gasteiger partial charge is 0.342 e. The van der Waals surface area contributed by atoms with E-state index in [9.17, 15) is 9.59 Å². The lowest BCUT2D eigenvalue weighted by atomic mass is 9.83. The van der Waals surface area contributed by atoms with Gasteiger partial charge in [0.15, 0.2) is 0 Å². The topological polar surface area (TPSA) is 49.4 Å². The SMILES string of the molecule is Cc1cccc(-c2cccc(NC(=O)[C@@H]3CCCN(C(=O)C4CCC4)C3)c2)c1. The third kappa shape index (κ3) is 4.11. The number of hydrogen-bond acceptors (Lipinski definition) is 2. The number of carbonyl (C=O) groups is 2. The average molecular weight is 377 g/mol. The first kappa shape index (κ1) is 18.7. The summed E-state index contributed by atoms with van der Waals surface area (Å²) in [6, 6.07) is 16.3. The molecule has 0 radical (unpaired) electrons. The van der Waals surface area contributed by atoms with Crippen LogP contribution in [0, 0.1) is 18.8 Å². The Balaban J connectivity index is 1.42. The maximum absolute atomic E-state index is 12.8. The molecule has 2 aromatic rings. The van der Waals surface area contributed by atoms with Crippen molar-refractivity contribution in [1.82, 2.24) is 4.90 Å². The standard InChI is InChI=1S/C24H28N2O2/c1-17-6-2-9-19(14-17)20-10-4-12-22(15-20)25-23(27)21-11-5-13-26(16-21)24(28)18-7-3-8-18/h2,4,6,9-10,12,14-15,18,21H,3,5,7-8,11,13,16H2,1H3,(H,25,27)/t21-/m1/s1. The fraction of sp³-hybridized carbons (Fsp3) is 0.417. The van der Waals surface area contributed by atoms with Gasteiger partial charge in [-0.1, -0.05) is 48.4 Å². The van der Waals surface area contributed by atoms with E-state index >= 15 is 0 Å². The minimum atomic E-state index is -0.125. The number of benzene rings is 2. The summed E-state index contributed by atoms with van der Waals surface area (Å²) in [6.45, 7) is 3.43. The van der Waals surface area contributed by atoms with Crippen LogP contribution in [0.4, 0.5) is 5.69 Å². The number of piperidine rings is 1. The Hall–Kier alpha value is -2.62. The van der Waals surface area contributed by atoms with Crippen molar-refractivity contribution in [1.29, 1.82) is 0 Å². The van der Waals surface area contributed by atoms with Gasteiger partial charge in [0, 0.05) is 24.7 Å². The van der Waals surface area contributed by atoms with E-state index < -0.39 is 0 Å². The van der Waals surface area contributed by atoms with Gasteiger partial charge in [-0.25, -0.2) is 0 Å². The molecule has 1 aliphatic heterocycles. The lowest BCUT2D eigenvalue weighted by Gasteiger charge is -2.36. The number of rotatable bonds is 4. The highest BCUT2D eigenvalue weighted by Gasteiger charge is 2.34. The first-order chi connectivity index (χ1) is 13.6. The van der Waals surface area contributed by atoms with Gasteiger partial charge in [-0.15, -0.1) is 0 Å². The van der Waals surface area contributed by atoms with Crippen LogP contribution in [0.25, 0.3) is 11.1 Å². The number of amides is 2. The smallest absolute Gasteiger partial charge is 0.229 e. The second-order valence-electron chi connectivity index (χ2n) is 8.19. The highest BCUT2D eigenvalue weighted by Crippen LogP contribution is 2.30. The summed E-state index contributed by atoms with van der Waals surface area (Å²) in [5.74, 6) is 0.353. The zero-order valence-corrected chi connectivity index (χ0v) is 16.5. The molecule has 1 saturated heterocycles. The third-order valence-corrected chi connectivity index (χ3v) is 6.04. The summed E-state index contributed by atoms with van der Waals surface area (Å²) in [5, 5.41) is 3.08. The summed E-state index contributed by atoms with van der Waals surface area (Å²) in [5.41, 5.74) is 4.26. The van der Waals surface area contributed by atoms with Crippen molar-refractivity contribution in [3.8, 4) is 11.1 Å². The molecule has 1 heterocycles. The number of carbonyl (C=O) groups excluding carboxylic acids is 2. The molecule has 2 aromatic carbocycles. The molecule has 1 saturated carbocycles. The van der Waals surface area contributed by atoms with Crippen molar-refractivity contribution in [2.24, 2.45) is 11.8 Å². The van der Waals surface area contributed by atoms with Gasteiger partial charge in [0.2, 0.25) is 11.8 Å². The van der Waals surface area contributed by atoms with Gasteiger partial charge in [0.1, 0.15) is 0 Å². The molecule has 4 nitrogen and oxygen atoms in total. The zero-order chi connectivity index (χ0) is 19.5. The van der Waals surface area contributed by atoms with Gasteiger partial charge in [-0.2, -0.15) is 0 Å². The molecule has 2 aliphatic rings. The van der Waals surface area contributed by atoms with Crippen LogP contribution in [0.1, 0.15) is 37.7 Å². The minimum absolute atomic E-state index is 0.0208. The van der Waals surface area contributed by atoms with E-state index in [1.54, 1.807) is 0 Å². The van der Waals surface area contributed by atoms with E-state index in [4.69, 9.17) is 0 Å². The van der Waals surface area contributed by atoms with Crippen LogP contribution in [0.3, 0.4) is 0 Å². The Kier molecular flexibility index (Phi) is 5.47. The predicted octanol–water partition coefficient (Wildman–Crippen LogP) is 4.64. The first-order valence-corrected chi connectivity index (χ1v) is 10.4. The van der Waals surface area contributed by atoms with Gasteiger partial charge in [-0.05, 0) is 55.9 Å². The maximum Gasteiger partial charge on any atom is 0.229 e. The average Bonchev–Trinajstić information content (AvgIpc) is 2.67. The second kappa shape index (κ2) is 8.17. The number of aryl methyl sites for hydroxylation is 1. The van der Waals surface area contributed by atoms with Crippen LogP contribution in [-0.4, -0.2) is 29.8 Å². The Morgan fingerprint density at radius 1 is 0.929 bits per heavy atom. The molecular formula is C24H28N2O2. The summed E-state index contributed by atoms with van der Waals surface area (Å²) in [4.78, 5) is 27.3. The molecular weight excluding hydrogens is 348 g/mol. The Morgan fingerprint density at radius 2 is 1.64 bits per heavy atom. The molecule has 0 bridgehead atoms. The normalized spacial score (nSPS) is 19.8. The molecule has 1 atom stereocenters. The molecule has 146 valence electrons. The number of nitrogens with zero attached hydrogens (tertiary/aromatic N) is 1. The van der Waals surface area contributed by atoms with Crippen LogP contribution in [0.2, 0.25) is 0 Å². The van der Waals surface area contributed by atoms with Crippen molar-refractivity contribution in [3.05, 3.63) is 54.1 Å². The highest BCUT2D eigenvalue weighted by atomic mass is 16.2. The van der Waals surface area contributed by atoms with Crippen LogP contribution < -0.4 is 5.32 Å². The third-order valence-electron chi connectivity index (χ3n) is 6.04. The van der Waals surface area contributed by atoms with Crippen LogP contribution in [0.5, 0.6) is 0 Å². The van der Waals surface area contributed by atoms with Gasteiger partial charge in [0.25, 0.3) is 0 Å². The van der Waals surface area contributed by atoms with Gasteiger partial charge < -0.3 is 10.2 Å². The molecule has 28 heavy (non-hydrogen) atoms. The van der Waals surface area contributed by atoms with E-state index in [-0.39, 0.29) is 23.7 Å². The predicted molar refractivity (Wildman–Crippen MR) is 112 cm³/mol. The molecule has 2 amide bonds. The molecule has 0 aromatic heterocycles. The fourth-order valence-corrected chi connectivity index (χ4v) is 4.15. The summed E-state index contributed by atoms with van der Waals surface area (Å²) < 4.78 is 0. The summed E-state index contributed by atoms with van der Waals surface area (Å²) in [7, 11) is 0. The Bertz CT molecular complexity index is 872. The number of likely N-dealkylation sites (tertiary alicyclic amines) is 1. The second-order valence-corrected chi connectivity index (χ2v) is 8.19. The lowest BCUT2D eigenvalue weighted by molar-refractivity contribution is -0.141. The molecule has 1 aliphatic carbocycles. The quantitative estimate of drug-likeness (QED) is 0.845. The van der Waals surface area contributed by atoms with Gasteiger partial charge in [-0.3, -0.25) is 9.59 Å². The fourth-order valence-electron chi connectivity index (χ4n) is 4.15. The maximum atomic E-state index is 12.8. The molecule has 1 N–H and O–H groups in total. The van der Waals surface area contributed by atoms with Crippen molar-refractivity contribution in [2.45, 2.75) is 39.0 Å². The molecule has 0 spiro atoms. The highest BCUT2D eigenvalue weighted by molar-refractivity contribution is 5.94. The monoisotopic (exact) mass is 376 g/mol. The van der Waals surface area contributed by atoms with Crippen molar-refractivity contribution < 1.29 is 9.59 Å². The van der Waals surface area contributed by atoms with E-state index in [0.29, 0.717) is 6.54 Å². The molecule has 4 heteroatoms. The van der Waals surface area contributed by atoms with E-state index in [0.717, 1.165) is 55.5 Å². The zero-order valence-electron chi connectivity index (χ0n) is 16.5. The van der Waals surface area contributed by atoms with Crippen molar-refractivity contribution in [2.75, 3.05) is 18.4 Å². The summed E-state index contributed by atoms with van der Waals surface area (Å²) >= 11 is 0. The van der Waals surface area contributed by atoms with Gasteiger partial charge >= 0.3 is 0 Å². The van der Waals surface area contributed by atoms with Crippen LogP contribution >= 0.6 is 0 Å². The minimum Gasteiger partial charge on any atom is -0.342 e. The van der Waals surface area contributed by atoms with E-state index in [2.05, 4.69) is 36.5 Å². The lowest BCUT2D eigenvalue weighted by Crippen LogP contribution is -2.47. The number of nitrogens with one attached hydrogen (secondary N) is 1. The Morgan fingerprint density at radius 3 is 2.36 bits per heavy atom. The first-order valence-electron chi connectivity index (χ1n) is 10.4. The van der Waals surface area contributed by atoms with Crippen LogP contribution in [0.15, 0.2) is 48.5 Å². The van der Waals surface area contributed by atoms with Gasteiger partial charge in [0.05, 0.1) is 5.92 Å². The molecule has 2 fully saturated rings. The van der Waals surface area contributed by atoms with Crippen LogP contribution in [-0.2, 0) is 9.59 Å². The molecule has 0 unspecified atom stereocenters. The Labute approximate surface area is 166 Å².